The van der Waals surface area contributed by atoms with Crippen LogP contribution in [0.1, 0.15) is 16.7 Å². The van der Waals surface area contributed by atoms with Gasteiger partial charge in [0.2, 0.25) is 0 Å². The van der Waals surface area contributed by atoms with Crippen LogP contribution in [0.4, 0.5) is 4.79 Å². The summed E-state index contributed by atoms with van der Waals surface area (Å²) < 4.78 is 0. The smallest absolute Gasteiger partial charge is 0.327 e. The highest BCUT2D eigenvalue weighted by atomic mass is 32.2. The third-order valence-corrected chi connectivity index (χ3v) is 7.52. The zero-order valence-electron chi connectivity index (χ0n) is 19.7. The molecule has 7 heteroatoms. The van der Waals surface area contributed by atoms with E-state index >= 15 is 0 Å². The summed E-state index contributed by atoms with van der Waals surface area (Å²) >= 11 is 3.28. The fraction of sp³-hybridized carbons (Fsp3) is 0.286. The molecule has 3 rings (SSSR count). The topological polar surface area (TPSA) is 69.6 Å². The van der Waals surface area contributed by atoms with Crippen molar-refractivity contribution >= 4 is 35.5 Å². The Balaban J connectivity index is 1.54. The molecule has 0 aromatic heterocycles. The van der Waals surface area contributed by atoms with Crippen LogP contribution in [0.2, 0.25) is 0 Å². The lowest BCUT2D eigenvalue weighted by molar-refractivity contribution is -0.138. The molecular weight excluding hydrogens is 476 g/mol. The maximum atomic E-state index is 13.1. The Bertz CT molecular complexity index is 1020. The average molecular weight is 509 g/mol. The van der Waals surface area contributed by atoms with Gasteiger partial charge in [-0.1, -0.05) is 91.0 Å². The van der Waals surface area contributed by atoms with Gasteiger partial charge in [-0.3, -0.25) is 0 Å². The molecule has 5 nitrogen and oxygen atoms in total. The van der Waals surface area contributed by atoms with E-state index in [0.717, 1.165) is 29.1 Å². The van der Waals surface area contributed by atoms with Gasteiger partial charge in [0.15, 0.2) is 0 Å². The van der Waals surface area contributed by atoms with E-state index < -0.39 is 12.0 Å². The van der Waals surface area contributed by atoms with E-state index in [4.69, 9.17) is 0 Å². The van der Waals surface area contributed by atoms with E-state index in [2.05, 4.69) is 17.4 Å². The number of thioether (sulfide) groups is 2. The summed E-state index contributed by atoms with van der Waals surface area (Å²) in [5.41, 5.74) is 3.53. The molecule has 184 valence electrons. The minimum atomic E-state index is -1.01. The molecule has 0 bridgehead atoms. The van der Waals surface area contributed by atoms with Crippen LogP contribution in [0, 0.1) is 0 Å². The monoisotopic (exact) mass is 508 g/mol. The molecule has 0 aliphatic rings. The Morgan fingerprint density at radius 1 is 0.743 bits per heavy atom. The number of nitrogens with one attached hydrogen (secondary N) is 1. The number of carboxylic acid groups (broad SMARTS) is 1. The number of amides is 2. The number of carbonyl (C=O) groups excluding carboxylic acids is 1. The lowest BCUT2D eigenvalue weighted by Gasteiger charge is -2.25. The van der Waals surface area contributed by atoms with Gasteiger partial charge in [-0.05, 0) is 23.1 Å². The Kier molecular flexibility index (Phi) is 11.6. The fourth-order valence-electron chi connectivity index (χ4n) is 3.45. The minimum Gasteiger partial charge on any atom is -0.480 e. The van der Waals surface area contributed by atoms with Crippen molar-refractivity contribution in [2.45, 2.75) is 24.0 Å². The summed E-state index contributed by atoms with van der Waals surface area (Å²) in [7, 11) is 0. The second kappa shape index (κ2) is 15.2. The number of hydrogen-bond acceptors (Lipinski definition) is 4. The highest BCUT2D eigenvalue weighted by molar-refractivity contribution is 7.98. The van der Waals surface area contributed by atoms with E-state index in [1.54, 1.807) is 16.7 Å². The van der Waals surface area contributed by atoms with Crippen LogP contribution in [0.5, 0.6) is 0 Å². The van der Waals surface area contributed by atoms with Gasteiger partial charge in [-0.15, -0.1) is 0 Å². The number of carbonyl (C=O) groups is 2. The highest BCUT2D eigenvalue weighted by Crippen LogP contribution is 2.15. The second-order valence-electron chi connectivity index (χ2n) is 8.10. The van der Waals surface area contributed by atoms with E-state index in [0.29, 0.717) is 24.6 Å². The minimum absolute atomic E-state index is 0.311. The molecule has 0 aliphatic carbocycles. The Morgan fingerprint density at radius 2 is 1.26 bits per heavy atom. The number of benzene rings is 3. The molecule has 2 amide bonds. The third-order valence-electron chi connectivity index (χ3n) is 5.41. The zero-order valence-corrected chi connectivity index (χ0v) is 21.3. The fourth-order valence-corrected chi connectivity index (χ4v) is 5.38. The van der Waals surface area contributed by atoms with Crippen molar-refractivity contribution in [1.82, 2.24) is 10.2 Å². The predicted octanol–water partition coefficient (Wildman–Crippen LogP) is 5.56. The van der Waals surface area contributed by atoms with Crippen molar-refractivity contribution in [2.75, 3.05) is 24.6 Å². The normalized spacial score (nSPS) is 11.5. The van der Waals surface area contributed by atoms with Gasteiger partial charge in [-0.25, -0.2) is 9.59 Å². The molecule has 0 heterocycles. The molecule has 0 aliphatic heterocycles. The van der Waals surface area contributed by atoms with Crippen LogP contribution in [-0.2, 0) is 22.7 Å². The van der Waals surface area contributed by atoms with Gasteiger partial charge in [0, 0.05) is 36.1 Å². The summed E-state index contributed by atoms with van der Waals surface area (Å²) in [6.07, 6.45) is 0.720. The summed E-state index contributed by atoms with van der Waals surface area (Å²) in [6.45, 7) is 1.09. The predicted molar refractivity (Wildman–Crippen MR) is 147 cm³/mol. The summed E-state index contributed by atoms with van der Waals surface area (Å²) in [5, 5.41) is 12.5. The van der Waals surface area contributed by atoms with Gasteiger partial charge in [0.25, 0.3) is 0 Å². The maximum absolute atomic E-state index is 13.1. The highest BCUT2D eigenvalue weighted by Gasteiger charge is 2.23. The van der Waals surface area contributed by atoms with Crippen molar-refractivity contribution < 1.29 is 14.7 Å². The van der Waals surface area contributed by atoms with Crippen LogP contribution in [0.3, 0.4) is 0 Å². The van der Waals surface area contributed by atoms with Crippen molar-refractivity contribution in [3.05, 3.63) is 108 Å². The largest absolute Gasteiger partial charge is 0.480 e. The number of nitrogens with zero attached hydrogens (tertiary/aromatic N) is 1. The van der Waals surface area contributed by atoms with Crippen molar-refractivity contribution in [3.8, 4) is 0 Å². The zero-order chi connectivity index (χ0) is 24.7. The van der Waals surface area contributed by atoms with Gasteiger partial charge < -0.3 is 15.3 Å². The van der Waals surface area contributed by atoms with Crippen LogP contribution in [-0.4, -0.2) is 52.6 Å². The second-order valence-corrected chi connectivity index (χ2v) is 10.2. The Morgan fingerprint density at radius 3 is 1.80 bits per heavy atom. The maximum Gasteiger partial charge on any atom is 0.327 e. The number of carboxylic acids is 1. The lowest BCUT2D eigenvalue weighted by Crippen LogP contribution is -2.50. The van der Waals surface area contributed by atoms with Crippen LogP contribution >= 0.6 is 23.5 Å². The average Bonchev–Trinajstić information content (AvgIpc) is 2.89. The third kappa shape index (κ3) is 10.1. The van der Waals surface area contributed by atoms with Gasteiger partial charge in [0.05, 0.1) is 0 Å². The molecule has 0 fully saturated rings. The van der Waals surface area contributed by atoms with Gasteiger partial charge in [0.1, 0.15) is 6.04 Å². The SMILES string of the molecule is O=C(O)[C@H](CSCc1ccccc1)NC(=O)N(CCSCc1ccccc1)CCc1ccccc1. The summed E-state index contributed by atoms with van der Waals surface area (Å²) in [4.78, 5) is 26.7. The molecule has 2 N–H and O–H groups in total. The summed E-state index contributed by atoms with van der Waals surface area (Å²) in [5.74, 6) is 1.65. The molecule has 1 atom stereocenters. The number of urea groups is 1. The van der Waals surface area contributed by atoms with E-state index in [-0.39, 0.29) is 6.03 Å². The molecule has 35 heavy (non-hydrogen) atoms. The van der Waals surface area contributed by atoms with Crippen LogP contribution in [0.15, 0.2) is 91.0 Å². The molecule has 0 spiro atoms. The van der Waals surface area contributed by atoms with E-state index in [1.165, 1.54) is 17.3 Å². The first kappa shape index (κ1) is 26.7. The standard InChI is InChI=1S/C28H32N2O3S2/c31-27(32)26(22-35-21-25-14-8-3-9-15-25)29-28(33)30(17-16-23-10-4-1-5-11-23)18-19-34-20-24-12-6-2-7-13-24/h1-15,26H,16-22H2,(H,29,33)(H,31,32)/t26-/m0/s1. The van der Waals surface area contributed by atoms with E-state index in [9.17, 15) is 14.7 Å². The Labute approximate surface area is 216 Å². The molecule has 3 aromatic carbocycles. The molecule has 0 unspecified atom stereocenters. The van der Waals surface area contributed by atoms with Crippen molar-refractivity contribution in [3.63, 3.8) is 0 Å². The molecule has 0 saturated heterocycles. The number of aliphatic carboxylic acids is 1. The van der Waals surface area contributed by atoms with Crippen molar-refractivity contribution in [1.29, 1.82) is 0 Å². The van der Waals surface area contributed by atoms with Crippen LogP contribution < -0.4 is 5.32 Å². The molecule has 0 radical (unpaired) electrons. The molecular formula is C28H32N2O3S2. The Hall–Kier alpha value is -2.90. The van der Waals surface area contributed by atoms with Gasteiger partial charge >= 0.3 is 12.0 Å². The summed E-state index contributed by atoms with van der Waals surface area (Å²) in [6, 6.07) is 28.9. The number of rotatable bonds is 14. The van der Waals surface area contributed by atoms with E-state index in [1.807, 2.05) is 78.9 Å². The first-order valence-electron chi connectivity index (χ1n) is 11.7. The first-order chi connectivity index (χ1) is 17.1. The molecule has 0 saturated carbocycles. The lowest BCUT2D eigenvalue weighted by atomic mass is 10.1. The van der Waals surface area contributed by atoms with Crippen molar-refractivity contribution in [2.24, 2.45) is 0 Å². The first-order valence-corrected chi connectivity index (χ1v) is 14.0. The van der Waals surface area contributed by atoms with Gasteiger partial charge in [-0.2, -0.15) is 23.5 Å². The van der Waals surface area contributed by atoms with Crippen LogP contribution in [0.25, 0.3) is 0 Å². The quantitative estimate of drug-likeness (QED) is 0.279. The molecule has 3 aromatic rings. The number of hydrogen-bond donors (Lipinski definition) is 2.